The summed E-state index contributed by atoms with van der Waals surface area (Å²) in [6.45, 7) is 4.69. The molecular weight excluding hydrogens is 193 g/mol. The summed E-state index contributed by atoms with van der Waals surface area (Å²) in [5.41, 5.74) is -0.689. The van der Waals surface area contributed by atoms with Crippen LogP contribution in [-0.2, 0) is 18.4 Å². The van der Waals surface area contributed by atoms with E-state index >= 15 is 0 Å². The summed E-state index contributed by atoms with van der Waals surface area (Å²) in [6.07, 6.45) is 0.849. The SMILES string of the molecule is CC1(C)N[P+]2(OCCCO2)OC1=O. The topological polar surface area (TPSA) is 56.8 Å². The van der Waals surface area contributed by atoms with Gasteiger partial charge in [-0.1, -0.05) is 5.09 Å². The third-order valence-electron chi connectivity index (χ3n) is 1.94. The molecule has 0 aliphatic carbocycles. The number of nitrogens with one attached hydrogen (secondary N) is 1. The summed E-state index contributed by atoms with van der Waals surface area (Å²) < 4.78 is 15.9. The van der Waals surface area contributed by atoms with Crippen LogP contribution in [0.4, 0.5) is 0 Å². The van der Waals surface area contributed by atoms with Crippen molar-refractivity contribution in [3.8, 4) is 0 Å². The van der Waals surface area contributed by atoms with Gasteiger partial charge in [-0.15, -0.1) is 0 Å². The van der Waals surface area contributed by atoms with E-state index in [1.54, 1.807) is 13.8 Å². The van der Waals surface area contributed by atoms with Crippen LogP contribution in [0, 0.1) is 0 Å². The first-order valence-electron chi connectivity index (χ1n) is 4.26. The Morgan fingerprint density at radius 2 is 2.00 bits per heavy atom. The molecule has 0 unspecified atom stereocenters. The summed E-state index contributed by atoms with van der Waals surface area (Å²) >= 11 is 0. The van der Waals surface area contributed by atoms with Gasteiger partial charge in [0.25, 0.3) is 0 Å². The normalized spacial score (nSPS) is 30.5. The van der Waals surface area contributed by atoms with Crippen LogP contribution in [0.5, 0.6) is 0 Å². The molecular formula is C7H13NO4P+. The van der Waals surface area contributed by atoms with E-state index in [1.165, 1.54) is 0 Å². The van der Waals surface area contributed by atoms with E-state index in [-0.39, 0.29) is 5.97 Å². The Kier molecular flexibility index (Phi) is 2.07. The molecule has 2 aliphatic heterocycles. The highest BCUT2D eigenvalue weighted by Gasteiger charge is 2.65. The monoisotopic (exact) mass is 206 g/mol. The van der Waals surface area contributed by atoms with Crippen LogP contribution in [0.1, 0.15) is 20.3 Å². The molecule has 2 rings (SSSR count). The van der Waals surface area contributed by atoms with Gasteiger partial charge < -0.3 is 0 Å². The van der Waals surface area contributed by atoms with E-state index in [1.807, 2.05) is 0 Å². The van der Waals surface area contributed by atoms with Crippen molar-refractivity contribution in [2.24, 2.45) is 0 Å². The molecule has 0 aromatic carbocycles. The first-order chi connectivity index (χ1) is 6.04. The molecule has 2 fully saturated rings. The lowest BCUT2D eigenvalue weighted by Gasteiger charge is -2.19. The number of carbonyl (C=O) groups is 1. The fraction of sp³-hybridized carbons (Fsp3) is 0.857. The Morgan fingerprint density at radius 3 is 2.46 bits per heavy atom. The van der Waals surface area contributed by atoms with E-state index in [2.05, 4.69) is 5.09 Å². The van der Waals surface area contributed by atoms with Crippen LogP contribution in [0.15, 0.2) is 0 Å². The summed E-state index contributed by atoms with van der Waals surface area (Å²) in [7, 11) is -2.52. The maximum Gasteiger partial charge on any atom is 0.550 e. The molecule has 2 saturated heterocycles. The predicted molar refractivity (Wildman–Crippen MR) is 46.7 cm³/mol. The zero-order chi connectivity index (χ0) is 9.53. The van der Waals surface area contributed by atoms with Gasteiger partial charge in [0.05, 0.1) is 0 Å². The van der Waals surface area contributed by atoms with E-state index in [9.17, 15) is 4.79 Å². The first-order valence-corrected chi connectivity index (χ1v) is 5.80. The standard InChI is InChI=1S/C7H13NO4P/c1-7(2)6(9)12-13(8-7)10-4-3-5-11-13/h8H,3-5H2,1-2H3/q+1. The first kappa shape index (κ1) is 9.34. The molecule has 2 heterocycles. The van der Waals surface area contributed by atoms with Crippen molar-refractivity contribution in [1.82, 2.24) is 5.09 Å². The molecule has 0 aromatic rings. The molecule has 0 bridgehead atoms. The van der Waals surface area contributed by atoms with Gasteiger partial charge in [-0.25, -0.2) is 9.32 Å². The van der Waals surface area contributed by atoms with E-state index in [4.69, 9.17) is 13.6 Å². The Morgan fingerprint density at radius 1 is 1.38 bits per heavy atom. The Balaban J connectivity index is 2.14. The number of hydrogen-bond acceptors (Lipinski definition) is 5. The highest BCUT2D eigenvalue weighted by Crippen LogP contribution is 2.65. The molecule has 5 nitrogen and oxygen atoms in total. The number of rotatable bonds is 0. The zero-order valence-corrected chi connectivity index (χ0v) is 8.60. The number of carbonyl (C=O) groups excluding carboxylic acids is 1. The maximum absolute atomic E-state index is 11.4. The van der Waals surface area contributed by atoms with Crippen molar-refractivity contribution in [2.45, 2.75) is 25.8 Å². The fourth-order valence-electron chi connectivity index (χ4n) is 1.22. The van der Waals surface area contributed by atoms with E-state index in [0.717, 1.165) is 6.42 Å². The van der Waals surface area contributed by atoms with Crippen molar-refractivity contribution >= 4 is 14.1 Å². The van der Waals surface area contributed by atoms with E-state index in [0.29, 0.717) is 13.2 Å². The third kappa shape index (κ3) is 1.57. The molecule has 6 heteroatoms. The van der Waals surface area contributed by atoms with Crippen molar-refractivity contribution in [3.63, 3.8) is 0 Å². The van der Waals surface area contributed by atoms with Gasteiger partial charge >= 0.3 is 14.1 Å². The molecule has 0 amide bonds. The fourth-order valence-corrected chi connectivity index (χ4v) is 3.53. The van der Waals surface area contributed by atoms with Crippen LogP contribution in [0.2, 0.25) is 0 Å². The van der Waals surface area contributed by atoms with Gasteiger partial charge in [0, 0.05) is 6.42 Å². The molecule has 0 radical (unpaired) electrons. The Labute approximate surface area is 77.4 Å². The largest absolute Gasteiger partial charge is 0.550 e. The lowest BCUT2D eigenvalue weighted by Crippen LogP contribution is -2.39. The van der Waals surface area contributed by atoms with Crippen molar-refractivity contribution in [3.05, 3.63) is 0 Å². The molecule has 1 N–H and O–H groups in total. The summed E-state index contributed by atoms with van der Waals surface area (Å²) in [5, 5.41) is 2.99. The average Bonchev–Trinajstić information content (AvgIpc) is 2.23. The van der Waals surface area contributed by atoms with Crippen LogP contribution < -0.4 is 5.09 Å². The van der Waals surface area contributed by atoms with E-state index < -0.39 is 13.6 Å². The van der Waals surface area contributed by atoms with Gasteiger partial charge in [-0.05, 0) is 13.8 Å². The molecule has 0 aromatic heterocycles. The highest BCUT2D eigenvalue weighted by atomic mass is 31.2. The lowest BCUT2D eigenvalue weighted by atomic mass is 10.1. The molecule has 74 valence electrons. The summed E-state index contributed by atoms with van der Waals surface area (Å²) in [5.74, 6) is -0.303. The minimum absolute atomic E-state index is 0.303. The van der Waals surface area contributed by atoms with Crippen molar-refractivity contribution in [1.29, 1.82) is 0 Å². The second kappa shape index (κ2) is 2.89. The lowest BCUT2D eigenvalue weighted by molar-refractivity contribution is -0.137. The molecule has 0 saturated carbocycles. The van der Waals surface area contributed by atoms with Crippen LogP contribution in [0.25, 0.3) is 0 Å². The number of hydrogen-bond donors (Lipinski definition) is 1. The summed E-state index contributed by atoms with van der Waals surface area (Å²) in [4.78, 5) is 11.4. The quantitative estimate of drug-likeness (QED) is 0.600. The minimum atomic E-state index is -2.52. The molecule has 13 heavy (non-hydrogen) atoms. The molecule has 1 spiro atoms. The minimum Gasteiger partial charge on any atom is -0.245 e. The molecule has 2 aliphatic rings. The maximum atomic E-state index is 11.4. The van der Waals surface area contributed by atoms with Crippen LogP contribution in [-0.4, -0.2) is 24.7 Å². The van der Waals surface area contributed by atoms with Crippen molar-refractivity contribution < 1.29 is 18.4 Å². The van der Waals surface area contributed by atoms with Gasteiger partial charge in [0.15, 0.2) is 5.54 Å². The van der Waals surface area contributed by atoms with Crippen LogP contribution in [0.3, 0.4) is 0 Å². The van der Waals surface area contributed by atoms with Gasteiger partial charge in [0.1, 0.15) is 13.2 Å². The smallest absolute Gasteiger partial charge is 0.245 e. The Hall–Kier alpha value is -0.220. The second-order valence-electron chi connectivity index (χ2n) is 3.63. The predicted octanol–water partition coefficient (Wildman–Crippen LogP) is 1.03. The van der Waals surface area contributed by atoms with Crippen molar-refractivity contribution in [2.75, 3.05) is 13.2 Å². The second-order valence-corrected chi connectivity index (χ2v) is 5.55. The summed E-state index contributed by atoms with van der Waals surface area (Å²) in [6, 6.07) is 0. The van der Waals surface area contributed by atoms with Crippen LogP contribution >= 0.6 is 8.09 Å². The average molecular weight is 206 g/mol. The van der Waals surface area contributed by atoms with Gasteiger partial charge in [-0.2, -0.15) is 9.05 Å². The van der Waals surface area contributed by atoms with Gasteiger partial charge in [-0.3, -0.25) is 0 Å². The Bertz CT molecular complexity index is 237. The zero-order valence-electron chi connectivity index (χ0n) is 7.70. The highest BCUT2D eigenvalue weighted by molar-refractivity contribution is 7.60. The molecule has 0 atom stereocenters. The third-order valence-corrected chi connectivity index (χ3v) is 4.23. The van der Waals surface area contributed by atoms with Gasteiger partial charge in [0.2, 0.25) is 0 Å².